The van der Waals surface area contributed by atoms with Crippen molar-refractivity contribution in [2.24, 2.45) is 0 Å². The van der Waals surface area contributed by atoms with Gasteiger partial charge in [-0.25, -0.2) is 8.42 Å². The highest BCUT2D eigenvalue weighted by Crippen LogP contribution is 2.04. The number of benzene rings is 1. The molecule has 0 unspecified atom stereocenters. The maximum Gasteiger partial charge on any atom is 0.235 e. The van der Waals surface area contributed by atoms with Gasteiger partial charge >= 0.3 is 0 Å². The van der Waals surface area contributed by atoms with Gasteiger partial charge < -0.3 is 5.32 Å². The number of sulfonamides is 1. The Morgan fingerprint density at radius 2 is 1.90 bits per heavy atom. The van der Waals surface area contributed by atoms with Gasteiger partial charge in [-0.3, -0.25) is 4.79 Å². The van der Waals surface area contributed by atoms with E-state index in [1.807, 2.05) is 44.2 Å². The van der Waals surface area contributed by atoms with Crippen LogP contribution in [0.2, 0.25) is 0 Å². The van der Waals surface area contributed by atoms with E-state index in [-0.39, 0.29) is 18.5 Å². The molecule has 0 fully saturated rings. The van der Waals surface area contributed by atoms with Gasteiger partial charge in [0.05, 0.1) is 12.8 Å². The van der Waals surface area contributed by atoms with Crippen LogP contribution in [0.25, 0.3) is 0 Å². The first-order valence-electron chi connectivity index (χ1n) is 7.11. The second kappa shape index (κ2) is 8.14. The molecule has 0 aliphatic rings. The minimum Gasteiger partial charge on any atom is -0.353 e. The average molecular weight is 312 g/mol. The van der Waals surface area contributed by atoms with Crippen LogP contribution in [0.1, 0.15) is 25.8 Å². The first kappa shape index (κ1) is 17.7. The Labute approximate surface area is 127 Å². The molecule has 6 heteroatoms. The maximum absolute atomic E-state index is 11.9. The van der Waals surface area contributed by atoms with Gasteiger partial charge in [-0.1, -0.05) is 37.3 Å². The Bertz CT molecular complexity index is 543. The first-order chi connectivity index (χ1) is 9.82. The van der Waals surface area contributed by atoms with Crippen LogP contribution in [0.3, 0.4) is 0 Å². The lowest BCUT2D eigenvalue weighted by Gasteiger charge is -2.20. The minimum absolute atomic E-state index is 0.0491. The molecule has 5 nitrogen and oxygen atoms in total. The number of amides is 1. The number of nitrogens with one attached hydrogen (secondary N) is 1. The molecule has 1 aromatic rings. The summed E-state index contributed by atoms with van der Waals surface area (Å²) in [5.41, 5.74) is 1.05. The van der Waals surface area contributed by atoms with Gasteiger partial charge in [0.15, 0.2) is 0 Å². The van der Waals surface area contributed by atoms with Crippen LogP contribution in [0, 0.1) is 0 Å². The molecule has 0 aliphatic carbocycles. The molecule has 0 saturated heterocycles. The zero-order valence-electron chi connectivity index (χ0n) is 12.9. The highest BCUT2D eigenvalue weighted by molar-refractivity contribution is 7.88. The Morgan fingerprint density at radius 3 is 2.43 bits per heavy atom. The van der Waals surface area contributed by atoms with Crippen molar-refractivity contribution in [2.45, 2.75) is 32.7 Å². The molecule has 0 heterocycles. The van der Waals surface area contributed by atoms with Crippen molar-refractivity contribution in [3.05, 3.63) is 35.9 Å². The molecule has 0 aromatic heterocycles. The minimum atomic E-state index is -3.40. The van der Waals surface area contributed by atoms with E-state index < -0.39 is 10.0 Å². The number of hydrogen-bond acceptors (Lipinski definition) is 3. The number of rotatable bonds is 8. The summed E-state index contributed by atoms with van der Waals surface area (Å²) in [6.07, 6.45) is 2.54. The Hall–Kier alpha value is -1.40. The molecule has 1 atom stereocenters. The lowest BCUT2D eigenvalue weighted by molar-refractivity contribution is -0.121. The highest BCUT2D eigenvalue weighted by atomic mass is 32.2. The Morgan fingerprint density at radius 1 is 1.29 bits per heavy atom. The average Bonchev–Trinajstić information content (AvgIpc) is 2.43. The molecule has 0 radical (unpaired) electrons. The number of carbonyl (C=O) groups excluding carboxylic acids is 1. The fourth-order valence-electron chi connectivity index (χ4n) is 1.84. The van der Waals surface area contributed by atoms with E-state index in [9.17, 15) is 13.2 Å². The van der Waals surface area contributed by atoms with E-state index in [1.165, 1.54) is 4.31 Å². The van der Waals surface area contributed by atoms with E-state index in [1.54, 1.807) is 0 Å². The fourth-order valence-corrected chi connectivity index (χ4v) is 2.62. The van der Waals surface area contributed by atoms with Crippen LogP contribution in [0.4, 0.5) is 0 Å². The van der Waals surface area contributed by atoms with Crippen molar-refractivity contribution in [1.29, 1.82) is 0 Å². The third kappa shape index (κ3) is 6.73. The first-order valence-corrected chi connectivity index (χ1v) is 8.96. The second-order valence-electron chi connectivity index (χ2n) is 5.21. The van der Waals surface area contributed by atoms with Gasteiger partial charge in [-0.15, -0.1) is 0 Å². The Balaban J connectivity index is 2.63. The van der Waals surface area contributed by atoms with Crippen molar-refractivity contribution in [1.82, 2.24) is 9.62 Å². The zero-order chi connectivity index (χ0) is 15.9. The molecule has 21 heavy (non-hydrogen) atoms. The quantitative estimate of drug-likeness (QED) is 0.789. The third-order valence-corrected chi connectivity index (χ3v) is 4.55. The molecule has 1 aromatic carbocycles. The van der Waals surface area contributed by atoms with E-state index >= 15 is 0 Å². The third-order valence-electron chi connectivity index (χ3n) is 3.30. The SMILES string of the molecule is CC[C@@H](C)NC(=O)CN(CCc1ccccc1)S(C)(=O)=O. The standard InChI is InChI=1S/C15H24N2O3S/c1-4-13(2)16-15(18)12-17(21(3,19)20)11-10-14-8-6-5-7-9-14/h5-9,13H,4,10-12H2,1-3H3,(H,16,18)/t13-/m1/s1. The summed E-state index contributed by atoms with van der Waals surface area (Å²) in [7, 11) is -3.40. The molecular weight excluding hydrogens is 288 g/mol. The number of carbonyl (C=O) groups is 1. The van der Waals surface area contributed by atoms with Gasteiger partial charge in [0.25, 0.3) is 0 Å². The summed E-state index contributed by atoms with van der Waals surface area (Å²) in [6, 6.07) is 9.68. The van der Waals surface area contributed by atoms with Crippen LogP contribution >= 0.6 is 0 Å². The summed E-state index contributed by atoms with van der Waals surface area (Å²) in [6.45, 7) is 4.04. The van der Waals surface area contributed by atoms with Crippen LogP contribution in [0.15, 0.2) is 30.3 Å². The molecule has 1 rings (SSSR count). The zero-order valence-corrected chi connectivity index (χ0v) is 13.7. The van der Waals surface area contributed by atoms with E-state index in [2.05, 4.69) is 5.32 Å². The summed E-state index contributed by atoms with van der Waals surface area (Å²) in [5.74, 6) is -0.261. The lowest BCUT2D eigenvalue weighted by atomic mass is 10.1. The molecule has 0 bridgehead atoms. The maximum atomic E-state index is 11.9. The lowest BCUT2D eigenvalue weighted by Crippen LogP contribution is -2.43. The highest BCUT2D eigenvalue weighted by Gasteiger charge is 2.20. The van der Waals surface area contributed by atoms with Crippen LogP contribution in [-0.4, -0.2) is 44.0 Å². The van der Waals surface area contributed by atoms with Crippen molar-refractivity contribution >= 4 is 15.9 Å². The monoisotopic (exact) mass is 312 g/mol. The van der Waals surface area contributed by atoms with Crippen LogP contribution < -0.4 is 5.32 Å². The van der Waals surface area contributed by atoms with Crippen LogP contribution in [0.5, 0.6) is 0 Å². The second-order valence-corrected chi connectivity index (χ2v) is 7.19. The summed E-state index contributed by atoms with van der Waals surface area (Å²) in [5, 5.41) is 2.79. The number of nitrogens with zero attached hydrogens (tertiary/aromatic N) is 1. The smallest absolute Gasteiger partial charge is 0.235 e. The van der Waals surface area contributed by atoms with Crippen molar-refractivity contribution in [3.8, 4) is 0 Å². The van der Waals surface area contributed by atoms with E-state index in [0.29, 0.717) is 13.0 Å². The summed E-state index contributed by atoms with van der Waals surface area (Å²) < 4.78 is 24.8. The molecule has 118 valence electrons. The van der Waals surface area contributed by atoms with Gasteiger partial charge in [0.1, 0.15) is 0 Å². The molecule has 0 aliphatic heterocycles. The topological polar surface area (TPSA) is 66.5 Å². The largest absolute Gasteiger partial charge is 0.353 e. The predicted octanol–water partition coefficient (Wildman–Crippen LogP) is 1.41. The van der Waals surface area contributed by atoms with Gasteiger partial charge in [0.2, 0.25) is 15.9 Å². The fraction of sp³-hybridized carbons (Fsp3) is 0.533. The summed E-state index contributed by atoms with van der Waals surface area (Å²) in [4.78, 5) is 11.9. The van der Waals surface area contributed by atoms with Crippen LogP contribution in [-0.2, 0) is 21.2 Å². The van der Waals surface area contributed by atoms with Crippen molar-refractivity contribution in [3.63, 3.8) is 0 Å². The molecule has 0 spiro atoms. The molecule has 1 amide bonds. The van der Waals surface area contributed by atoms with E-state index in [0.717, 1.165) is 18.2 Å². The normalized spacial score (nSPS) is 13.1. The van der Waals surface area contributed by atoms with Gasteiger partial charge in [-0.05, 0) is 25.3 Å². The molecular formula is C15H24N2O3S. The van der Waals surface area contributed by atoms with E-state index in [4.69, 9.17) is 0 Å². The Kier molecular flexibility index (Phi) is 6.84. The molecule has 0 saturated carbocycles. The molecule has 1 N–H and O–H groups in total. The van der Waals surface area contributed by atoms with Gasteiger partial charge in [-0.2, -0.15) is 4.31 Å². The van der Waals surface area contributed by atoms with Crippen molar-refractivity contribution < 1.29 is 13.2 Å². The van der Waals surface area contributed by atoms with Crippen molar-refractivity contribution in [2.75, 3.05) is 19.3 Å². The van der Waals surface area contributed by atoms with Gasteiger partial charge in [0, 0.05) is 12.6 Å². The summed E-state index contributed by atoms with van der Waals surface area (Å²) >= 11 is 0. The number of hydrogen-bond donors (Lipinski definition) is 1. The predicted molar refractivity (Wildman–Crippen MR) is 84.5 cm³/mol.